The van der Waals surface area contributed by atoms with Crippen LogP contribution < -0.4 is 24.8 Å². The van der Waals surface area contributed by atoms with Gasteiger partial charge >= 0.3 is 0 Å². The van der Waals surface area contributed by atoms with E-state index in [0.29, 0.717) is 23.1 Å². The number of aryl methyl sites for hydroxylation is 1. The lowest BCUT2D eigenvalue weighted by Crippen LogP contribution is -2.44. The molecule has 0 aliphatic carbocycles. The van der Waals surface area contributed by atoms with Crippen molar-refractivity contribution in [3.05, 3.63) is 35.1 Å². The number of ether oxygens (including phenoxy) is 1. The third-order valence-corrected chi connectivity index (χ3v) is 7.30. The number of thiazole rings is 1. The zero-order valence-electron chi connectivity index (χ0n) is 20.0. The molecule has 1 fully saturated rings. The molecule has 1 N–H and O–H groups in total. The summed E-state index contributed by atoms with van der Waals surface area (Å²) >= 11 is 1.47. The zero-order chi connectivity index (χ0) is 24.0. The van der Waals surface area contributed by atoms with E-state index in [1.807, 2.05) is 31.0 Å². The number of anilines is 6. The molecule has 1 amide bonds. The number of benzene rings is 1. The minimum Gasteiger partial charge on any atom is -0.494 e. The Morgan fingerprint density at radius 3 is 2.56 bits per heavy atom. The Labute approximate surface area is 202 Å². The summed E-state index contributed by atoms with van der Waals surface area (Å²) in [7, 11) is 7.42. The van der Waals surface area contributed by atoms with Crippen molar-refractivity contribution in [3.63, 3.8) is 0 Å². The molecule has 3 aromatic rings. The van der Waals surface area contributed by atoms with Gasteiger partial charge in [-0.2, -0.15) is 4.98 Å². The summed E-state index contributed by atoms with van der Waals surface area (Å²) in [5.41, 5.74) is 2.96. The Balaban J connectivity index is 1.45. The fourth-order valence-corrected chi connectivity index (χ4v) is 5.09. The summed E-state index contributed by atoms with van der Waals surface area (Å²) in [5, 5.41) is 4.89. The van der Waals surface area contributed by atoms with E-state index in [1.165, 1.54) is 11.3 Å². The first kappa shape index (κ1) is 22.4. The van der Waals surface area contributed by atoms with Crippen LogP contribution in [0.2, 0.25) is 0 Å². The largest absolute Gasteiger partial charge is 0.494 e. The number of carbonyl (C=O) groups is 1. The Morgan fingerprint density at radius 1 is 1.06 bits per heavy atom. The Hall–Kier alpha value is -3.44. The van der Waals surface area contributed by atoms with Gasteiger partial charge in [0.05, 0.1) is 24.0 Å². The lowest BCUT2D eigenvalue weighted by atomic mass is 10.2. The summed E-state index contributed by atoms with van der Waals surface area (Å²) < 4.78 is 5.68. The van der Waals surface area contributed by atoms with Gasteiger partial charge in [-0.05, 0) is 26.1 Å². The number of rotatable bonds is 4. The number of amides is 1. The van der Waals surface area contributed by atoms with Crippen LogP contribution in [0.4, 0.5) is 33.8 Å². The molecule has 34 heavy (non-hydrogen) atoms. The van der Waals surface area contributed by atoms with Gasteiger partial charge in [0.15, 0.2) is 11.5 Å². The molecule has 178 valence electrons. The molecule has 0 saturated carbocycles. The maximum absolute atomic E-state index is 12.9. The van der Waals surface area contributed by atoms with Crippen molar-refractivity contribution in [2.45, 2.75) is 6.92 Å². The second-order valence-electron chi connectivity index (χ2n) is 8.51. The summed E-state index contributed by atoms with van der Waals surface area (Å²) in [5.74, 6) is 1.59. The average molecular weight is 481 g/mol. The second-order valence-corrected chi connectivity index (χ2v) is 9.69. The van der Waals surface area contributed by atoms with E-state index in [2.05, 4.69) is 38.2 Å². The molecule has 0 unspecified atom stereocenters. The molecule has 11 heteroatoms. The first-order chi connectivity index (χ1) is 16.4. The third-order valence-electron chi connectivity index (χ3n) is 6.26. The number of piperazine rings is 1. The van der Waals surface area contributed by atoms with Crippen molar-refractivity contribution < 1.29 is 9.53 Å². The van der Waals surface area contributed by atoms with E-state index >= 15 is 0 Å². The molecule has 2 aliphatic rings. The number of likely N-dealkylation sites (N-methyl/N-ethyl adjacent to an activating group) is 1. The van der Waals surface area contributed by atoms with E-state index in [9.17, 15) is 4.79 Å². The molecule has 0 atom stereocenters. The number of carbonyl (C=O) groups excluding carboxylic acids is 1. The van der Waals surface area contributed by atoms with E-state index in [0.717, 1.165) is 53.3 Å². The molecule has 4 heterocycles. The van der Waals surface area contributed by atoms with Crippen molar-refractivity contribution in [2.75, 3.05) is 74.4 Å². The molecular formula is C23H28N8O2S. The standard InChI is InChI=1S/C23H28N8O2S/c1-14-25-19-21(32)29(3)17-13-24-23(27-20(17)30(4)22(19)34-14)26-16-7-6-15(12-18(16)33-5)31-10-8-28(2)9-11-31/h6-7,12-13H,8-11H2,1-5H3,(H,24,26,27). The maximum Gasteiger partial charge on any atom is 0.279 e. The van der Waals surface area contributed by atoms with Crippen LogP contribution in [0.5, 0.6) is 5.75 Å². The molecule has 2 aliphatic heterocycles. The summed E-state index contributed by atoms with van der Waals surface area (Å²) in [6.07, 6.45) is 1.66. The van der Waals surface area contributed by atoms with Gasteiger partial charge in [0.25, 0.3) is 5.91 Å². The molecule has 1 saturated heterocycles. The van der Waals surface area contributed by atoms with Crippen LogP contribution in [0.3, 0.4) is 0 Å². The molecule has 5 rings (SSSR count). The van der Waals surface area contributed by atoms with Crippen LogP contribution >= 0.6 is 11.3 Å². The number of hydrogen-bond acceptors (Lipinski definition) is 10. The van der Waals surface area contributed by atoms with Crippen LogP contribution in [0.25, 0.3) is 0 Å². The molecule has 1 aromatic carbocycles. The smallest absolute Gasteiger partial charge is 0.279 e. The minimum atomic E-state index is -0.171. The van der Waals surface area contributed by atoms with Gasteiger partial charge in [-0.1, -0.05) is 0 Å². The first-order valence-corrected chi connectivity index (χ1v) is 11.9. The van der Waals surface area contributed by atoms with Gasteiger partial charge in [-0.3, -0.25) is 4.79 Å². The highest BCUT2D eigenvalue weighted by molar-refractivity contribution is 7.16. The van der Waals surface area contributed by atoms with Gasteiger partial charge in [0.2, 0.25) is 5.95 Å². The molecule has 0 spiro atoms. The van der Waals surface area contributed by atoms with Crippen molar-refractivity contribution in [1.29, 1.82) is 0 Å². The molecule has 10 nitrogen and oxygen atoms in total. The van der Waals surface area contributed by atoms with Crippen LogP contribution in [0.15, 0.2) is 24.4 Å². The van der Waals surface area contributed by atoms with Crippen LogP contribution in [-0.4, -0.2) is 80.2 Å². The number of methoxy groups -OCH3 is 1. The normalized spacial score (nSPS) is 16.3. The molecule has 2 aromatic heterocycles. The Bertz CT molecular complexity index is 1240. The quantitative estimate of drug-likeness (QED) is 0.605. The predicted molar refractivity (Wildman–Crippen MR) is 136 cm³/mol. The van der Waals surface area contributed by atoms with Crippen LogP contribution in [-0.2, 0) is 0 Å². The SMILES string of the molecule is COc1cc(N2CCN(C)CC2)ccc1Nc1ncc2c(n1)N(C)c1sc(C)nc1C(=O)N2C. The number of hydrogen-bond donors (Lipinski definition) is 1. The van der Waals surface area contributed by atoms with E-state index in [-0.39, 0.29) is 5.91 Å². The highest BCUT2D eigenvalue weighted by atomic mass is 32.1. The van der Waals surface area contributed by atoms with E-state index in [4.69, 9.17) is 9.72 Å². The van der Waals surface area contributed by atoms with Gasteiger partial charge in [0, 0.05) is 52.0 Å². The summed E-state index contributed by atoms with van der Waals surface area (Å²) in [6, 6.07) is 6.12. The van der Waals surface area contributed by atoms with E-state index < -0.39 is 0 Å². The molecule has 0 radical (unpaired) electrons. The highest BCUT2D eigenvalue weighted by Crippen LogP contribution is 2.41. The van der Waals surface area contributed by atoms with E-state index in [1.54, 1.807) is 25.3 Å². The topological polar surface area (TPSA) is 90.0 Å². The number of nitrogens with one attached hydrogen (secondary N) is 1. The highest BCUT2D eigenvalue weighted by Gasteiger charge is 2.32. The van der Waals surface area contributed by atoms with Gasteiger partial charge < -0.3 is 29.7 Å². The summed E-state index contributed by atoms with van der Waals surface area (Å²) in [4.78, 5) is 34.8. The predicted octanol–water partition coefficient (Wildman–Crippen LogP) is 3.10. The van der Waals surface area contributed by atoms with Crippen molar-refractivity contribution in [2.24, 2.45) is 0 Å². The fraction of sp³-hybridized carbons (Fsp3) is 0.391. The fourth-order valence-electron chi connectivity index (χ4n) is 4.22. The number of nitrogens with zero attached hydrogens (tertiary/aromatic N) is 7. The third kappa shape index (κ3) is 3.90. The maximum atomic E-state index is 12.9. The molecular weight excluding hydrogens is 452 g/mol. The average Bonchev–Trinajstić information content (AvgIpc) is 3.22. The zero-order valence-corrected chi connectivity index (χ0v) is 20.8. The lowest BCUT2D eigenvalue weighted by Gasteiger charge is -2.34. The van der Waals surface area contributed by atoms with Crippen molar-refractivity contribution in [3.8, 4) is 5.75 Å². The first-order valence-electron chi connectivity index (χ1n) is 11.1. The van der Waals surface area contributed by atoms with Crippen LogP contribution in [0.1, 0.15) is 15.5 Å². The van der Waals surface area contributed by atoms with Crippen molar-refractivity contribution >= 4 is 51.1 Å². The van der Waals surface area contributed by atoms with Gasteiger partial charge in [0.1, 0.15) is 16.4 Å². The number of aromatic nitrogens is 3. The summed E-state index contributed by atoms with van der Waals surface area (Å²) in [6.45, 7) is 5.94. The Morgan fingerprint density at radius 2 is 1.82 bits per heavy atom. The molecule has 0 bridgehead atoms. The monoisotopic (exact) mass is 480 g/mol. The lowest BCUT2D eigenvalue weighted by molar-refractivity contribution is 0.0990. The minimum absolute atomic E-state index is 0.171. The van der Waals surface area contributed by atoms with Gasteiger partial charge in [-0.15, -0.1) is 11.3 Å². The number of fused-ring (bicyclic) bond motifs is 2. The van der Waals surface area contributed by atoms with Crippen molar-refractivity contribution in [1.82, 2.24) is 19.9 Å². The Kier molecular flexibility index (Phi) is 5.74. The van der Waals surface area contributed by atoms with Crippen LogP contribution in [0, 0.1) is 6.92 Å². The second kappa shape index (κ2) is 8.73. The van der Waals surface area contributed by atoms with Gasteiger partial charge in [-0.25, -0.2) is 9.97 Å².